The van der Waals surface area contributed by atoms with Gasteiger partial charge in [-0.25, -0.2) is 9.97 Å². The van der Waals surface area contributed by atoms with E-state index in [9.17, 15) is 22.8 Å². The summed E-state index contributed by atoms with van der Waals surface area (Å²) in [4.78, 5) is 42.6. The van der Waals surface area contributed by atoms with Crippen molar-refractivity contribution in [2.24, 2.45) is 5.73 Å². The van der Waals surface area contributed by atoms with Gasteiger partial charge < -0.3 is 25.6 Å². The van der Waals surface area contributed by atoms with Crippen molar-refractivity contribution in [2.45, 2.75) is 43.8 Å². The number of hydrogen-bond donors (Lipinski definition) is 2. The molecule has 2 aliphatic heterocycles. The number of likely N-dealkylation sites (tertiary alicyclic amines) is 1. The molecule has 5 rings (SSSR count). The molecule has 3 aromatic rings. The third-order valence-electron chi connectivity index (χ3n) is 8.16. The van der Waals surface area contributed by atoms with Crippen molar-refractivity contribution in [2.75, 3.05) is 44.7 Å². The minimum atomic E-state index is -4.72. The first kappa shape index (κ1) is 30.2. The molecule has 3 aromatic heterocycles. The number of carbonyl (C=O) groups is 2. The topological polar surface area (TPSA) is 127 Å². The van der Waals surface area contributed by atoms with E-state index in [4.69, 9.17) is 10.5 Å². The minimum Gasteiger partial charge on any atom is -0.477 e. The van der Waals surface area contributed by atoms with Gasteiger partial charge in [0.15, 0.2) is 5.69 Å². The van der Waals surface area contributed by atoms with Gasteiger partial charge >= 0.3 is 6.18 Å². The van der Waals surface area contributed by atoms with Crippen LogP contribution in [0, 0.1) is 0 Å². The maximum Gasteiger partial charge on any atom is 0.433 e. The molecule has 0 saturated carbocycles. The lowest BCUT2D eigenvalue weighted by atomic mass is 9.72. The number of pyridine rings is 3. The van der Waals surface area contributed by atoms with E-state index >= 15 is 0 Å². The van der Waals surface area contributed by atoms with Crippen LogP contribution in [-0.2, 0) is 16.4 Å². The van der Waals surface area contributed by atoms with Crippen LogP contribution in [0.1, 0.15) is 47.9 Å². The van der Waals surface area contributed by atoms with Crippen molar-refractivity contribution in [1.82, 2.24) is 25.2 Å². The van der Waals surface area contributed by atoms with Crippen LogP contribution in [-0.4, -0.2) is 77.5 Å². The van der Waals surface area contributed by atoms with Crippen LogP contribution in [0.25, 0.3) is 11.3 Å². The molecule has 2 fully saturated rings. The fourth-order valence-corrected chi connectivity index (χ4v) is 5.87. The van der Waals surface area contributed by atoms with Crippen molar-refractivity contribution >= 4 is 17.5 Å². The van der Waals surface area contributed by atoms with Gasteiger partial charge in [-0.2, -0.15) is 13.2 Å². The molecule has 1 atom stereocenters. The number of ether oxygens (including phenoxy) is 1. The highest BCUT2D eigenvalue weighted by atomic mass is 19.4. The van der Waals surface area contributed by atoms with Crippen molar-refractivity contribution in [3.05, 3.63) is 65.7 Å². The number of primary amides is 1. The van der Waals surface area contributed by atoms with E-state index in [0.717, 1.165) is 36.7 Å². The number of hydrogen-bond acceptors (Lipinski definition) is 8. The number of nitrogens with zero attached hydrogens (tertiary/aromatic N) is 5. The second-order valence-corrected chi connectivity index (χ2v) is 10.9. The van der Waals surface area contributed by atoms with Crippen LogP contribution in [0.4, 0.5) is 18.9 Å². The molecule has 228 valence electrons. The Labute approximate surface area is 247 Å². The molecule has 0 spiro atoms. The molecule has 0 unspecified atom stereocenters. The molecule has 13 heteroatoms. The fourth-order valence-electron chi connectivity index (χ4n) is 5.87. The SMILES string of the molecule is CCOc1ncccc1-c1ccc(C2(C(=O)N[C@H]3CCN(C)C3)CCN(c3ccc(C(F)(F)F)nc3C(N)=O)CC2)cn1. The highest BCUT2D eigenvalue weighted by molar-refractivity contribution is 5.97. The van der Waals surface area contributed by atoms with Gasteiger partial charge in [0.1, 0.15) is 5.69 Å². The van der Waals surface area contributed by atoms with E-state index in [2.05, 4.69) is 25.2 Å². The first-order valence-corrected chi connectivity index (χ1v) is 14.2. The fraction of sp³-hybridized carbons (Fsp3) is 0.433. The Morgan fingerprint density at radius 2 is 1.88 bits per heavy atom. The normalized spacial score (nSPS) is 18.8. The van der Waals surface area contributed by atoms with Crippen molar-refractivity contribution < 1.29 is 27.5 Å². The molecule has 0 bridgehead atoms. The zero-order valence-electron chi connectivity index (χ0n) is 24.0. The number of aromatic nitrogens is 3. The number of anilines is 1. The number of likely N-dealkylation sites (N-methyl/N-ethyl adjacent to an activating group) is 1. The third-order valence-corrected chi connectivity index (χ3v) is 8.16. The van der Waals surface area contributed by atoms with Gasteiger partial charge in [0.25, 0.3) is 5.91 Å². The van der Waals surface area contributed by atoms with E-state index < -0.39 is 28.9 Å². The van der Waals surface area contributed by atoms with Gasteiger partial charge in [0.05, 0.1) is 29.0 Å². The smallest absolute Gasteiger partial charge is 0.433 e. The Bertz CT molecular complexity index is 1470. The largest absolute Gasteiger partial charge is 0.477 e. The van der Waals surface area contributed by atoms with Crippen LogP contribution in [0.3, 0.4) is 0 Å². The first-order chi connectivity index (χ1) is 20.5. The molecule has 43 heavy (non-hydrogen) atoms. The molecular weight excluding hydrogens is 563 g/mol. The predicted octanol–water partition coefficient (Wildman–Crippen LogP) is 3.41. The van der Waals surface area contributed by atoms with Gasteiger partial charge in [-0.3, -0.25) is 14.6 Å². The van der Waals surface area contributed by atoms with Crippen molar-refractivity contribution in [1.29, 1.82) is 0 Å². The molecule has 3 N–H and O–H groups in total. The van der Waals surface area contributed by atoms with Crippen LogP contribution in [0.5, 0.6) is 5.88 Å². The van der Waals surface area contributed by atoms with Gasteiger partial charge in [0, 0.05) is 38.1 Å². The number of piperidine rings is 1. The zero-order chi connectivity index (χ0) is 30.8. The molecule has 2 saturated heterocycles. The van der Waals surface area contributed by atoms with E-state index in [1.54, 1.807) is 23.4 Å². The quantitative estimate of drug-likeness (QED) is 0.405. The Morgan fingerprint density at radius 1 is 1.12 bits per heavy atom. The van der Waals surface area contributed by atoms with Gasteiger partial charge in [-0.1, -0.05) is 6.07 Å². The number of alkyl halides is 3. The Morgan fingerprint density at radius 3 is 2.49 bits per heavy atom. The second-order valence-electron chi connectivity index (χ2n) is 10.9. The maximum atomic E-state index is 14.0. The summed E-state index contributed by atoms with van der Waals surface area (Å²) in [5, 5.41) is 3.23. The number of nitrogens with two attached hydrogens (primary N) is 1. The van der Waals surface area contributed by atoms with E-state index in [1.165, 1.54) is 6.07 Å². The summed E-state index contributed by atoms with van der Waals surface area (Å²) >= 11 is 0. The number of halogens is 3. The highest BCUT2D eigenvalue weighted by Gasteiger charge is 2.45. The summed E-state index contributed by atoms with van der Waals surface area (Å²) in [6.45, 7) is 4.51. The Hall–Kier alpha value is -4.26. The van der Waals surface area contributed by atoms with Crippen LogP contribution in [0.15, 0.2) is 48.8 Å². The maximum absolute atomic E-state index is 14.0. The Kier molecular flexibility index (Phi) is 8.54. The van der Waals surface area contributed by atoms with E-state index in [-0.39, 0.29) is 30.7 Å². The van der Waals surface area contributed by atoms with Gasteiger partial charge in [0.2, 0.25) is 11.8 Å². The molecule has 0 aliphatic carbocycles. The monoisotopic (exact) mass is 597 g/mol. The molecule has 2 amide bonds. The number of nitrogens with one attached hydrogen (secondary N) is 1. The lowest BCUT2D eigenvalue weighted by Crippen LogP contribution is -2.54. The Balaban J connectivity index is 1.45. The zero-order valence-corrected chi connectivity index (χ0v) is 24.0. The molecule has 10 nitrogen and oxygen atoms in total. The molecular formula is C30H34F3N7O3. The number of amides is 2. The number of rotatable bonds is 8. The highest BCUT2D eigenvalue weighted by Crippen LogP contribution is 2.39. The average Bonchev–Trinajstić information content (AvgIpc) is 3.41. The summed E-state index contributed by atoms with van der Waals surface area (Å²) in [5.41, 5.74) is 5.15. The molecule has 0 aromatic carbocycles. The first-order valence-electron chi connectivity index (χ1n) is 14.2. The van der Waals surface area contributed by atoms with E-state index in [0.29, 0.717) is 31.0 Å². The van der Waals surface area contributed by atoms with Crippen LogP contribution in [0.2, 0.25) is 0 Å². The third kappa shape index (κ3) is 6.26. The summed E-state index contributed by atoms with van der Waals surface area (Å²) in [7, 11) is 2.01. The minimum absolute atomic E-state index is 0.00404. The van der Waals surface area contributed by atoms with Gasteiger partial charge in [-0.05, 0) is 75.7 Å². The summed E-state index contributed by atoms with van der Waals surface area (Å²) < 4.78 is 45.5. The average molecular weight is 598 g/mol. The van der Waals surface area contributed by atoms with Crippen molar-refractivity contribution in [3.63, 3.8) is 0 Å². The molecule has 5 heterocycles. The second kappa shape index (κ2) is 12.2. The van der Waals surface area contributed by atoms with Gasteiger partial charge in [-0.15, -0.1) is 0 Å². The molecule has 0 radical (unpaired) electrons. The van der Waals surface area contributed by atoms with Crippen LogP contribution < -0.4 is 20.7 Å². The van der Waals surface area contributed by atoms with E-state index in [1.807, 2.05) is 32.2 Å². The standard InChI is InChI=1S/C30H34F3N7O3/c1-3-43-27-21(5-4-13-35-27)22-7-6-19(17-36-22)29(28(42)37-20-10-14-39(2)18-20)11-15-40(16-12-29)23-8-9-24(30(31,32)33)38-25(23)26(34)41/h4-9,13,17,20H,3,10-12,14-16,18H2,1-2H3,(H2,34,41)(H,37,42)/t20-/m0/s1. The summed E-state index contributed by atoms with van der Waals surface area (Å²) in [5.74, 6) is -0.714. The van der Waals surface area contributed by atoms with Crippen LogP contribution >= 0.6 is 0 Å². The molecule has 2 aliphatic rings. The summed E-state index contributed by atoms with van der Waals surface area (Å²) in [6, 6.07) is 9.45. The van der Waals surface area contributed by atoms with Crippen molar-refractivity contribution in [3.8, 4) is 17.1 Å². The number of carbonyl (C=O) groups excluding carboxylic acids is 2. The summed E-state index contributed by atoms with van der Waals surface area (Å²) in [6.07, 6.45) is 0.124. The lowest BCUT2D eigenvalue weighted by Gasteiger charge is -2.42. The lowest BCUT2D eigenvalue weighted by molar-refractivity contribution is -0.141. The predicted molar refractivity (Wildman–Crippen MR) is 154 cm³/mol.